The van der Waals surface area contributed by atoms with Gasteiger partial charge in [0.1, 0.15) is 11.5 Å². The van der Waals surface area contributed by atoms with Crippen LogP contribution in [0.3, 0.4) is 0 Å². The first-order valence-electron chi connectivity index (χ1n) is 9.21. The molecule has 8 nitrogen and oxygen atoms in total. The van der Waals surface area contributed by atoms with Crippen LogP contribution in [-0.2, 0) is 16.4 Å². The molecule has 2 aromatic heterocycles. The number of sulfonamides is 1. The molecule has 4 rings (SSSR count). The van der Waals surface area contributed by atoms with Gasteiger partial charge in [-0.3, -0.25) is 24.2 Å². The van der Waals surface area contributed by atoms with Gasteiger partial charge in [0, 0.05) is 18.9 Å². The molecular weight excluding hydrogens is 404 g/mol. The number of pyridine rings is 2. The lowest BCUT2D eigenvalue weighted by Crippen LogP contribution is -2.31. The molecule has 0 radical (unpaired) electrons. The maximum absolute atomic E-state index is 12.5. The molecule has 2 amide bonds. The number of hydrogen-bond donors (Lipinski definition) is 1. The van der Waals surface area contributed by atoms with Gasteiger partial charge in [-0.15, -0.1) is 0 Å². The van der Waals surface area contributed by atoms with Gasteiger partial charge in [-0.2, -0.15) is 0 Å². The van der Waals surface area contributed by atoms with Gasteiger partial charge in [0.05, 0.1) is 10.5 Å². The molecule has 1 N–H and O–H groups in total. The molecule has 0 bridgehead atoms. The van der Waals surface area contributed by atoms with E-state index in [9.17, 15) is 18.0 Å². The Balaban J connectivity index is 1.42. The van der Waals surface area contributed by atoms with Crippen molar-refractivity contribution in [3.05, 3.63) is 83.3 Å². The third-order valence-electron chi connectivity index (χ3n) is 4.74. The van der Waals surface area contributed by atoms with Crippen LogP contribution in [0.2, 0.25) is 0 Å². The number of fused-ring (bicyclic) bond motifs is 1. The Labute approximate surface area is 173 Å². The zero-order valence-electron chi connectivity index (χ0n) is 16.1. The van der Waals surface area contributed by atoms with Crippen molar-refractivity contribution in [2.24, 2.45) is 0 Å². The summed E-state index contributed by atoms with van der Waals surface area (Å²) in [6, 6.07) is 12.8. The lowest BCUT2D eigenvalue weighted by molar-refractivity contribution is 0.0654. The minimum atomic E-state index is -3.77. The molecule has 30 heavy (non-hydrogen) atoms. The van der Waals surface area contributed by atoms with Crippen LogP contribution >= 0.6 is 0 Å². The topological polar surface area (TPSA) is 109 Å². The zero-order chi connectivity index (χ0) is 21.3. The molecule has 9 heteroatoms. The molecule has 1 aliphatic heterocycles. The van der Waals surface area contributed by atoms with Crippen LogP contribution in [0, 0.1) is 6.92 Å². The minimum absolute atomic E-state index is 0.0959. The molecule has 0 unspecified atom stereocenters. The molecule has 3 heterocycles. The minimum Gasteiger partial charge on any atom is -0.273 e. The lowest BCUT2D eigenvalue weighted by Gasteiger charge is -2.13. The summed E-state index contributed by atoms with van der Waals surface area (Å²) in [4.78, 5) is 34.0. The first-order chi connectivity index (χ1) is 14.3. The summed E-state index contributed by atoms with van der Waals surface area (Å²) in [6.07, 6.45) is 3.46. The molecule has 152 valence electrons. The Bertz CT molecular complexity index is 1190. The van der Waals surface area contributed by atoms with Crippen LogP contribution in [0.4, 0.5) is 5.82 Å². The van der Waals surface area contributed by atoms with Crippen LogP contribution in [0.5, 0.6) is 0 Å². The third-order valence-corrected chi connectivity index (χ3v) is 6.11. The highest BCUT2D eigenvalue weighted by atomic mass is 32.2. The van der Waals surface area contributed by atoms with E-state index in [0.29, 0.717) is 12.0 Å². The Hall–Kier alpha value is -3.59. The highest BCUT2D eigenvalue weighted by molar-refractivity contribution is 7.92. The second-order valence-electron chi connectivity index (χ2n) is 6.88. The molecule has 0 fully saturated rings. The van der Waals surface area contributed by atoms with Gasteiger partial charge in [-0.25, -0.2) is 13.4 Å². The van der Waals surface area contributed by atoms with Crippen LogP contribution in [-0.4, -0.2) is 41.6 Å². The maximum Gasteiger partial charge on any atom is 0.280 e. The summed E-state index contributed by atoms with van der Waals surface area (Å²) in [5.74, 6) is -0.536. The van der Waals surface area contributed by atoms with Gasteiger partial charge < -0.3 is 0 Å². The van der Waals surface area contributed by atoms with E-state index in [2.05, 4.69) is 14.7 Å². The van der Waals surface area contributed by atoms with Gasteiger partial charge in [0.2, 0.25) is 0 Å². The average Bonchev–Trinajstić information content (AvgIpc) is 2.99. The Morgan fingerprint density at radius 3 is 2.40 bits per heavy atom. The Morgan fingerprint density at radius 1 is 0.967 bits per heavy atom. The number of carbonyl (C=O) groups is 2. The van der Waals surface area contributed by atoms with Gasteiger partial charge in [-0.1, -0.05) is 18.2 Å². The van der Waals surface area contributed by atoms with E-state index >= 15 is 0 Å². The van der Waals surface area contributed by atoms with Gasteiger partial charge in [0.25, 0.3) is 21.8 Å². The van der Waals surface area contributed by atoms with Crippen molar-refractivity contribution in [1.82, 2.24) is 14.9 Å². The van der Waals surface area contributed by atoms with Crippen LogP contribution in [0.25, 0.3) is 0 Å². The van der Waals surface area contributed by atoms with E-state index < -0.39 is 15.9 Å². The number of nitrogens with zero attached hydrogens (tertiary/aromatic N) is 3. The summed E-state index contributed by atoms with van der Waals surface area (Å²) < 4.78 is 27.5. The summed E-state index contributed by atoms with van der Waals surface area (Å²) in [7, 11) is -3.77. The van der Waals surface area contributed by atoms with Crippen LogP contribution in [0.15, 0.2) is 65.8 Å². The molecule has 0 saturated carbocycles. The van der Waals surface area contributed by atoms with Gasteiger partial charge in [0.15, 0.2) is 0 Å². The first-order valence-corrected chi connectivity index (χ1v) is 10.7. The highest BCUT2D eigenvalue weighted by Crippen LogP contribution is 2.21. The predicted molar refractivity (Wildman–Crippen MR) is 110 cm³/mol. The van der Waals surface area contributed by atoms with Crippen molar-refractivity contribution in [3.63, 3.8) is 0 Å². The largest absolute Gasteiger partial charge is 0.280 e. The number of imide groups is 1. The average molecular weight is 422 g/mol. The molecule has 1 aromatic carbocycles. The Kier molecular flexibility index (Phi) is 5.04. The number of benzene rings is 1. The van der Waals surface area contributed by atoms with Crippen molar-refractivity contribution < 1.29 is 18.0 Å². The lowest BCUT2D eigenvalue weighted by atomic mass is 10.1. The summed E-state index contributed by atoms with van der Waals surface area (Å²) >= 11 is 0. The van der Waals surface area contributed by atoms with Crippen molar-refractivity contribution in [3.8, 4) is 0 Å². The number of hydrogen-bond acceptors (Lipinski definition) is 6. The predicted octanol–water partition coefficient (Wildman–Crippen LogP) is 2.42. The third kappa shape index (κ3) is 3.79. The second-order valence-corrected chi connectivity index (χ2v) is 8.56. The van der Waals surface area contributed by atoms with E-state index in [1.807, 2.05) is 6.92 Å². The fourth-order valence-electron chi connectivity index (χ4n) is 3.12. The number of rotatable bonds is 6. The summed E-state index contributed by atoms with van der Waals surface area (Å²) in [5.41, 5.74) is 2.20. The number of aromatic nitrogens is 2. The quantitative estimate of drug-likeness (QED) is 0.611. The fourth-order valence-corrected chi connectivity index (χ4v) is 4.13. The molecule has 0 saturated heterocycles. The number of nitrogens with one attached hydrogen (secondary N) is 1. The van der Waals surface area contributed by atoms with Crippen molar-refractivity contribution in [2.75, 3.05) is 11.3 Å². The van der Waals surface area contributed by atoms with E-state index in [-0.39, 0.29) is 28.9 Å². The van der Waals surface area contributed by atoms with Crippen molar-refractivity contribution >= 4 is 27.7 Å². The van der Waals surface area contributed by atoms with Crippen molar-refractivity contribution in [1.29, 1.82) is 0 Å². The molecular formula is C21H18N4O4S. The normalized spacial score (nSPS) is 13.4. The van der Waals surface area contributed by atoms with Crippen LogP contribution in [0.1, 0.15) is 32.0 Å². The molecule has 0 aliphatic carbocycles. The maximum atomic E-state index is 12.5. The number of amides is 2. The zero-order valence-corrected chi connectivity index (χ0v) is 16.9. The molecule has 1 aliphatic rings. The highest BCUT2D eigenvalue weighted by Gasteiger charge is 2.36. The van der Waals surface area contributed by atoms with E-state index in [0.717, 1.165) is 16.0 Å². The first kappa shape index (κ1) is 19.7. The standard InChI is InChI=1S/C21H18N4O4S/c1-14-4-9-18(23-13-14)24-30(28,29)16-7-5-15(6-8-16)10-12-25-20(26)17-3-2-11-22-19(17)21(25)27/h2-9,11,13H,10,12H2,1H3,(H,23,24). The van der Waals surface area contributed by atoms with Crippen molar-refractivity contribution in [2.45, 2.75) is 18.2 Å². The number of aryl methyl sites for hydroxylation is 1. The SMILES string of the molecule is Cc1ccc(NS(=O)(=O)c2ccc(CCN3C(=O)c4cccnc4C3=O)cc2)nc1. The monoisotopic (exact) mass is 422 g/mol. The molecule has 0 atom stereocenters. The van der Waals surface area contributed by atoms with E-state index in [4.69, 9.17) is 0 Å². The second kappa shape index (κ2) is 7.68. The molecule has 0 spiro atoms. The van der Waals surface area contributed by atoms with Gasteiger partial charge in [-0.05, 0) is 54.8 Å². The fraction of sp³-hybridized carbons (Fsp3) is 0.143. The molecule has 3 aromatic rings. The van der Waals surface area contributed by atoms with E-state index in [1.165, 1.54) is 18.3 Å². The van der Waals surface area contributed by atoms with E-state index in [1.54, 1.807) is 42.6 Å². The summed E-state index contributed by atoms with van der Waals surface area (Å²) in [5, 5.41) is 0. The summed E-state index contributed by atoms with van der Waals surface area (Å²) in [6.45, 7) is 2.05. The Morgan fingerprint density at radius 2 is 1.73 bits per heavy atom. The smallest absolute Gasteiger partial charge is 0.273 e. The number of anilines is 1. The van der Waals surface area contributed by atoms with Gasteiger partial charge >= 0.3 is 0 Å². The van der Waals surface area contributed by atoms with Crippen LogP contribution < -0.4 is 4.72 Å². The number of carbonyl (C=O) groups excluding carboxylic acids is 2.